The average molecular weight is 337 g/mol. The van der Waals surface area contributed by atoms with E-state index in [9.17, 15) is 9.59 Å². The number of rotatable bonds is 5. The van der Waals surface area contributed by atoms with Crippen molar-refractivity contribution in [1.29, 1.82) is 5.26 Å². The van der Waals surface area contributed by atoms with Crippen LogP contribution in [-0.2, 0) is 9.53 Å². The van der Waals surface area contributed by atoms with E-state index in [2.05, 4.69) is 5.32 Å². The van der Waals surface area contributed by atoms with Crippen LogP contribution in [0.5, 0.6) is 0 Å². The van der Waals surface area contributed by atoms with Gasteiger partial charge in [-0.2, -0.15) is 5.26 Å². The molecule has 1 atom stereocenters. The van der Waals surface area contributed by atoms with Gasteiger partial charge in [-0.3, -0.25) is 4.79 Å². The molecule has 1 amide bonds. The maximum absolute atomic E-state index is 12.2. The molecule has 6 heteroatoms. The van der Waals surface area contributed by atoms with Crippen molar-refractivity contribution in [2.45, 2.75) is 13.0 Å². The maximum Gasteiger partial charge on any atom is 0.338 e. The topological polar surface area (TPSA) is 82.4 Å². The van der Waals surface area contributed by atoms with Crippen LogP contribution in [0.2, 0.25) is 0 Å². The van der Waals surface area contributed by atoms with Crippen LogP contribution in [0.1, 0.15) is 22.8 Å². The Balaban J connectivity index is 1.99. The highest BCUT2D eigenvalue weighted by Crippen LogP contribution is 2.15. The Morgan fingerprint density at radius 1 is 1.16 bits per heavy atom. The summed E-state index contributed by atoms with van der Waals surface area (Å²) in [6, 6.07) is 15.4. The lowest BCUT2D eigenvalue weighted by Crippen LogP contribution is -2.30. The molecule has 25 heavy (non-hydrogen) atoms. The molecule has 2 aromatic carbocycles. The number of amides is 1. The van der Waals surface area contributed by atoms with Gasteiger partial charge in [0.1, 0.15) is 0 Å². The molecule has 6 nitrogen and oxygen atoms in total. The lowest BCUT2D eigenvalue weighted by molar-refractivity contribution is -0.123. The van der Waals surface area contributed by atoms with Crippen LogP contribution in [0.4, 0.5) is 11.4 Å². The van der Waals surface area contributed by atoms with Crippen LogP contribution >= 0.6 is 0 Å². The molecular formula is C19H19N3O3. The average Bonchev–Trinajstić information content (AvgIpc) is 2.62. The molecule has 128 valence electrons. The van der Waals surface area contributed by atoms with Gasteiger partial charge in [0.05, 0.1) is 17.2 Å². The van der Waals surface area contributed by atoms with Crippen LogP contribution in [0.25, 0.3) is 0 Å². The second-order valence-corrected chi connectivity index (χ2v) is 5.67. The lowest BCUT2D eigenvalue weighted by atomic mass is 10.2. The Bertz CT molecular complexity index is 807. The summed E-state index contributed by atoms with van der Waals surface area (Å²) in [6.45, 7) is 1.51. The number of carbonyl (C=O) groups is 2. The van der Waals surface area contributed by atoms with Crippen molar-refractivity contribution in [2.24, 2.45) is 0 Å². The van der Waals surface area contributed by atoms with Crippen LogP contribution in [0.15, 0.2) is 48.5 Å². The lowest BCUT2D eigenvalue weighted by Gasteiger charge is -2.15. The number of nitriles is 1. The van der Waals surface area contributed by atoms with Crippen molar-refractivity contribution in [3.05, 3.63) is 59.7 Å². The molecule has 0 aliphatic rings. The number of benzene rings is 2. The van der Waals surface area contributed by atoms with Crippen LogP contribution in [-0.4, -0.2) is 32.1 Å². The molecule has 0 heterocycles. The minimum Gasteiger partial charge on any atom is -0.449 e. The van der Waals surface area contributed by atoms with Crippen LogP contribution in [0, 0.1) is 11.3 Å². The summed E-state index contributed by atoms with van der Waals surface area (Å²) in [5, 5.41) is 11.4. The Kier molecular flexibility index (Phi) is 5.75. The van der Waals surface area contributed by atoms with Gasteiger partial charge < -0.3 is 15.0 Å². The predicted molar refractivity (Wildman–Crippen MR) is 95.4 cm³/mol. The Hall–Kier alpha value is -3.33. The first-order valence-electron chi connectivity index (χ1n) is 7.70. The monoisotopic (exact) mass is 337 g/mol. The van der Waals surface area contributed by atoms with Crippen molar-refractivity contribution in [3.8, 4) is 6.07 Å². The maximum atomic E-state index is 12.2. The molecule has 2 aromatic rings. The van der Waals surface area contributed by atoms with Gasteiger partial charge in [-0.1, -0.05) is 6.07 Å². The molecule has 0 saturated heterocycles. The fourth-order valence-electron chi connectivity index (χ4n) is 2.07. The van der Waals surface area contributed by atoms with E-state index in [-0.39, 0.29) is 0 Å². The van der Waals surface area contributed by atoms with Crippen molar-refractivity contribution >= 4 is 23.3 Å². The van der Waals surface area contributed by atoms with Crippen molar-refractivity contribution in [3.63, 3.8) is 0 Å². The summed E-state index contributed by atoms with van der Waals surface area (Å²) < 4.78 is 5.23. The largest absolute Gasteiger partial charge is 0.449 e. The SMILES string of the molecule is C[C@H](OC(=O)c1cccc(N(C)C)c1)C(=O)Nc1ccc(C#N)cc1. The van der Waals surface area contributed by atoms with Crippen molar-refractivity contribution in [2.75, 3.05) is 24.3 Å². The third kappa shape index (κ3) is 4.82. The normalized spacial score (nSPS) is 11.1. The van der Waals surface area contributed by atoms with Gasteiger partial charge in [0.15, 0.2) is 6.10 Å². The van der Waals surface area contributed by atoms with E-state index < -0.39 is 18.0 Å². The van der Waals surface area contributed by atoms with Crippen molar-refractivity contribution in [1.82, 2.24) is 0 Å². The molecule has 0 radical (unpaired) electrons. The number of hydrogen-bond acceptors (Lipinski definition) is 5. The van der Waals surface area contributed by atoms with Gasteiger partial charge in [0, 0.05) is 25.5 Å². The number of hydrogen-bond donors (Lipinski definition) is 1. The zero-order valence-electron chi connectivity index (χ0n) is 14.3. The van der Waals surface area contributed by atoms with Gasteiger partial charge in [-0.05, 0) is 49.4 Å². The molecule has 0 aromatic heterocycles. The fourth-order valence-corrected chi connectivity index (χ4v) is 2.07. The van der Waals surface area contributed by atoms with E-state index in [1.165, 1.54) is 6.92 Å². The fraction of sp³-hybridized carbons (Fsp3) is 0.211. The molecule has 0 unspecified atom stereocenters. The predicted octanol–water partition coefficient (Wildman–Crippen LogP) is 2.81. The van der Waals surface area contributed by atoms with E-state index in [1.54, 1.807) is 42.5 Å². The van der Waals surface area contributed by atoms with E-state index >= 15 is 0 Å². The number of nitrogens with one attached hydrogen (secondary N) is 1. The number of nitrogens with zero attached hydrogens (tertiary/aromatic N) is 2. The van der Waals surface area contributed by atoms with Gasteiger partial charge >= 0.3 is 5.97 Å². The summed E-state index contributed by atoms with van der Waals surface area (Å²) in [5.41, 5.74) is 2.27. The molecule has 2 rings (SSSR count). The van der Waals surface area contributed by atoms with Gasteiger partial charge in [-0.15, -0.1) is 0 Å². The Morgan fingerprint density at radius 2 is 1.84 bits per heavy atom. The number of ether oxygens (including phenoxy) is 1. The van der Waals surface area contributed by atoms with Crippen LogP contribution < -0.4 is 10.2 Å². The number of carbonyl (C=O) groups excluding carboxylic acids is 2. The van der Waals surface area contributed by atoms with E-state index in [1.807, 2.05) is 31.1 Å². The summed E-state index contributed by atoms with van der Waals surface area (Å²) in [4.78, 5) is 26.2. The highest BCUT2D eigenvalue weighted by molar-refractivity contribution is 5.97. The summed E-state index contributed by atoms with van der Waals surface area (Å²) in [6.07, 6.45) is -0.953. The van der Waals surface area contributed by atoms with Crippen LogP contribution in [0.3, 0.4) is 0 Å². The molecule has 0 saturated carbocycles. The molecule has 0 fully saturated rings. The highest BCUT2D eigenvalue weighted by Gasteiger charge is 2.19. The zero-order chi connectivity index (χ0) is 18.4. The molecule has 0 bridgehead atoms. The zero-order valence-corrected chi connectivity index (χ0v) is 14.3. The number of esters is 1. The quantitative estimate of drug-likeness (QED) is 0.848. The second-order valence-electron chi connectivity index (χ2n) is 5.67. The van der Waals surface area contributed by atoms with Gasteiger partial charge in [0.25, 0.3) is 5.91 Å². The summed E-state index contributed by atoms with van der Waals surface area (Å²) in [5.74, 6) is -1.01. The van der Waals surface area contributed by atoms with Gasteiger partial charge in [-0.25, -0.2) is 4.79 Å². The third-order valence-electron chi connectivity index (χ3n) is 3.53. The summed E-state index contributed by atoms with van der Waals surface area (Å²) >= 11 is 0. The van der Waals surface area contributed by atoms with Gasteiger partial charge in [0.2, 0.25) is 0 Å². The highest BCUT2D eigenvalue weighted by atomic mass is 16.5. The van der Waals surface area contributed by atoms with Crippen molar-refractivity contribution < 1.29 is 14.3 Å². The minimum absolute atomic E-state index is 0.379. The Labute approximate surface area is 146 Å². The minimum atomic E-state index is -0.953. The molecular weight excluding hydrogens is 318 g/mol. The smallest absolute Gasteiger partial charge is 0.338 e. The van der Waals surface area contributed by atoms with E-state index in [0.717, 1.165) is 5.69 Å². The molecule has 0 aliphatic carbocycles. The van der Waals surface area contributed by atoms with E-state index in [4.69, 9.17) is 10.00 Å². The first-order chi connectivity index (χ1) is 11.9. The first kappa shape index (κ1) is 18.0. The first-order valence-corrected chi connectivity index (χ1v) is 7.70. The molecule has 0 aliphatic heterocycles. The molecule has 1 N–H and O–H groups in total. The second kappa shape index (κ2) is 7.97. The standard InChI is InChI=1S/C19H19N3O3/c1-13(18(23)21-16-9-7-14(12-20)8-10-16)25-19(24)15-5-4-6-17(11-15)22(2)3/h4-11,13H,1-3H3,(H,21,23)/t13-/m0/s1. The Morgan fingerprint density at radius 3 is 2.44 bits per heavy atom. The van der Waals surface area contributed by atoms with E-state index in [0.29, 0.717) is 16.8 Å². The molecule has 0 spiro atoms. The third-order valence-corrected chi connectivity index (χ3v) is 3.53. The summed E-state index contributed by atoms with van der Waals surface area (Å²) in [7, 11) is 3.75. The number of anilines is 2.